The van der Waals surface area contributed by atoms with Crippen LogP contribution in [0.1, 0.15) is 12.8 Å². The number of carboxylic acids is 4. The molecule has 2 atom stereocenters. The largest absolute Gasteiger partial charge is 0.481 e. The SMILES string of the molecule is O=C(O)CC(C(=O)O)N(O)C(CC(=O)O)C(=O)O.[Na].[Na].[Na].[Na]. The van der Waals surface area contributed by atoms with Gasteiger partial charge in [-0.15, -0.1) is 0 Å². The van der Waals surface area contributed by atoms with Crippen LogP contribution >= 0.6 is 0 Å². The third-order valence-corrected chi connectivity index (χ3v) is 1.94. The number of carbonyl (C=O) groups is 4. The van der Waals surface area contributed by atoms with Gasteiger partial charge in [0.1, 0.15) is 12.1 Å². The monoisotopic (exact) mass is 357 g/mol. The van der Waals surface area contributed by atoms with E-state index >= 15 is 0 Å². The van der Waals surface area contributed by atoms with Gasteiger partial charge >= 0.3 is 23.9 Å². The Kier molecular flexibility index (Phi) is 28.0. The van der Waals surface area contributed by atoms with Gasteiger partial charge in [0, 0.05) is 118 Å². The van der Waals surface area contributed by atoms with E-state index in [-0.39, 0.29) is 123 Å². The van der Waals surface area contributed by atoms with E-state index < -0.39 is 48.8 Å². The fourth-order valence-corrected chi connectivity index (χ4v) is 1.14. The summed E-state index contributed by atoms with van der Waals surface area (Å²) in [4.78, 5) is 42.1. The van der Waals surface area contributed by atoms with Crippen LogP contribution in [0, 0.1) is 0 Å². The average molecular weight is 357 g/mol. The van der Waals surface area contributed by atoms with Crippen LogP contribution in [0.4, 0.5) is 0 Å². The molecule has 14 heteroatoms. The number of carboxylic acid groups (broad SMARTS) is 4. The summed E-state index contributed by atoms with van der Waals surface area (Å²) in [7, 11) is 0. The summed E-state index contributed by atoms with van der Waals surface area (Å²) in [6, 6.07) is -4.11. The van der Waals surface area contributed by atoms with Crippen molar-refractivity contribution in [2.75, 3.05) is 0 Å². The second-order valence-corrected chi connectivity index (χ2v) is 3.28. The van der Waals surface area contributed by atoms with Crippen LogP contribution < -0.4 is 0 Å². The maximum atomic E-state index is 10.7. The molecule has 0 aromatic heterocycles. The zero-order valence-electron chi connectivity index (χ0n) is 12.9. The Bertz CT molecular complexity index is 347. The average Bonchev–Trinajstić information content (AvgIpc) is 2.20. The molecule has 0 amide bonds. The standard InChI is InChI=1S/C8H11NO9.4Na/c10-5(11)1-3(7(14)15)9(18)4(8(16)17)2-6(12)13;;;;/h3-4,18H,1-2H2,(H,10,11)(H,12,13)(H,14,15)(H,16,17);;;;. The molecule has 22 heavy (non-hydrogen) atoms. The van der Waals surface area contributed by atoms with Crippen LogP contribution in [0.5, 0.6) is 0 Å². The van der Waals surface area contributed by atoms with E-state index in [9.17, 15) is 24.4 Å². The van der Waals surface area contributed by atoms with E-state index in [1.54, 1.807) is 0 Å². The summed E-state index contributed by atoms with van der Waals surface area (Å²) < 4.78 is 0. The molecule has 0 saturated heterocycles. The van der Waals surface area contributed by atoms with Gasteiger partial charge in [-0.3, -0.25) is 19.2 Å². The van der Waals surface area contributed by atoms with E-state index in [2.05, 4.69) is 0 Å². The van der Waals surface area contributed by atoms with Crippen LogP contribution in [-0.2, 0) is 19.2 Å². The first-order chi connectivity index (χ1) is 8.16. The first kappa shape index (κ1) is 35.0. The molecule has 0 spiro atoms. The van der Waals surface area contributed by atoms with Gasteiger partial charge in [-0.25, -0.2) is 0 Å². The summed E-state index contributed by atoms with van der Waals surface area (Å²) in [6.07, 6.45) is -2.15. The molecule has 0 aromatic rings. The van der Waals surface area contributed by atoms with Crippen molar-refractivity contribution in [1.82, 2.24) is 5.06 Å². The summed E-state index contributed by atoms with van der Waals surface area (Å²) in [5.41, 5.74) is 0. The molecule has 0 aliphatic rings. The Morgan fingerprint density at radius 3 is 1.05 bits per heavy atom. The molecule has 106 valence electrons. The Morgan fingerprint density at radius 1 is 0.682 bits per heavy atom. The minimum absolute atomic E-state index is 0. The smallest absolute Gasteiger partial charge is 0.323 e. The van der Waals surface area contributed by atoms with Crippen molar-refractivity contribution in [2.24, 2.45) is 0 Å². The second kappa shape index (κ2) is 17.6. The zero-order valence-corrected chi connectivity index (χ0v) is 20.9. The van der Waals surface area contributed by atoms with Crippen molar-refractivity contribution in [3.8, 4) is 0 Å². The fraction of sp³-hybridized carbons (Fsp3) is 0.500. The Hall–Kier alpha value is 1.80. The van der Waals surface area contributed by atoms with Crippen molar-refractivity contribution in [3.05, 3.63) is 0 Å². The predicted molar refractivity (Wildman–Crippen MR) is 74.0 cm³/mol. The molecule has 4 radical (unpaired) electrons. The van der Waals surface area contributed by atoms with Crippen LogP contribution in [0.2, 0.25) is 0 Å². The minimum Gasteiger partial charge on any atom is -0.481 e. The fourth-order valence-electron chi connectivity index (χ4n) is 1.14. The molecule has 0 rings (SSSR count). The predicted octanol–water partition coefficient (Wildman–Crippen LogP) is -2.99. The summed E-state index contributed by atoms with van der Waals surface area (Å²) in [5.74, 6) is -6.73. The molecule has 0 fully saturated rings. The molecular weight excluding hydrogens is 346 g/mol. The number of hydrogen-bond acceptors (Lipinski definition) is 6. The first-order valence-corrected chi connectivity index (χ1v) is 4.53. The Labute approximate surface area is 213 Å². The zero-order chi connectivity index (χ0) is 14.5. The van der Waals surface area contributed by atoms with Gasteiger partial charge in [0.2, 0.25) is 0 Å². The number of hydrogen-bond donors (Lipinski definition) is 5. The number of nitrogens with zero attached hydrogens (tertiary/aromatic N) is 1. The van der Waals surface area contributed by atoms with Crippen molar-refractivity contribution in [2.45, 2.75) is 24.9 Å². The van der Waals surface area contributed by atoms with E-state index in [1.807, 2.05) is 0 Å². The first-order valence-electron chi connectivity index (χ1n) is 4.53. The number of hydroxylamine groups is 2. The van der Waals surface area contributed by atoms with Gasteiger partial charge in [0.15, 0.2) is 0 Å². The number of aliphatic carboxylic acids is 4. The quantitative estimate of drug-likeness (QED) is 0.223. The molecule has 5 N–H and O–H groups in total. The van der Waals surface area contributed by atoms with Crippen LogP contribution in [0.25, 0.3) is 0 Å². The van der Waals surface area contributed by atoms with Crippen molar-refractivity contribution < 1.29 is 44.8 Å². The second-order valence-electron chi connectivity index (χ2n) is 3.28. The third-order valence-electron chi connectivity index (χ3n) is 1.94. The molecule has 2 unspecified atom stereocenters. The minimum atomic E-state index is -2.05. The van der Waals surface area contributed by atoms with Gasteiger partial charge in [-0.1, -0.05) is 0 Å². The summed E-state index contributed by atoms with van der Waals surface area (Å²) in [6.45, 7) is 0. The third kappa shape index (κ3) is 14.2. The summed E-state index contributed by atoms with van der Waals surface area (Å²) in [5, 5.41) is 43.2. The topological polar surface area (TPSA) is 173 Å². The van der Waals surface area contributed by atoms with Crippen molar-refractivity contribution in [1.29, 1.82) is 0 Å². The maximum Gasteiger partial charge on any atom is 0.323 e. The van der Waals surface area contributed by atoms with Gasteiger partial charge in [-0.2, -0.15) is 5.06 Å². The van der Waals surface area contributed by atoms with Crippen LogP contribution in [-0.4, -0.2) is 185 Å². The molecule has 0 heterocycles. The van der Waals surface area contributed by atoms with E-state index in [0.29, 0.717) is 0 Å². The summed E-state index contributed by atoms with van der Waals surface area (Å²) >= 11 is 0. The van der Waals surface area contributed by atoms with E-state index in [0.717, 1.165) is 0 Å². The molecule has 0 aliphatic carbocycles. The Morgan fingerprint density at radius 2 is 0.909 bits per heavy atom. The molecular formula is C8H11NNa4O9. The molecule has 0 aromatic carbocycles. The van der Waals surface area contributed by atoms with Crippen LogP contribution in [0.3, 0.4) is 0 Å². The van der Waals surface area contributed by atoms with Gasteiger partial charge in [0.25, 0.3) is 0 Å². The van der Waals surface area contributed by atoms with Gasteiger partial charge in [0.05, 0.1) is 12.8 Å². The molecule has 0 saturated carbocycles. The molecule has 10 nitrogen and oxygen atoms in total. The van der Waals surface area contributed by atoms with Crippen molar-refractivity contribution in [3.63, 3.8) is 0 Å². The van der Waals surface area contributed by atoms with Gasteiger partial charge < -0.3 is 25.6 Å². The maximum absolute atomic E-state index is 10.7. The van der Waals surface area contributed by atoms with Crippen molar-refractivity contribution >= 4 is 142 Å². The molecule has 0 bridgehead atoms. The molecule has 0 aliphatic heterocycles. The normalized spacial score (nSPS) is 11.4. The van der Waals surface area contributed by atoms with Crippen LogP contribution in [0.15, 0.2) is 0 Å². The number of rotatable bonds is 8. The Balaban J connectivity index is -0.000000241. The van der Waals surface area contributed by atoms with E-state index in [4.69, 9.17) is 20.4 Å². The van der Waals surface area contributed by atoms with Gasteiger partial charge in [-0.05, 0) is 0 Å². The van der Waals surface area contributed by atoms with E-state index in [1.165, 1.54) is 0 Å².